The summed E-state index contributed by atoms with van der Waals surface area (Å²) in [4.78, 5) is 0. The van der Waals surface area contributed by atoms with Crippen molar-refractivity contribution >= 4 is 0 Å². The highest BCUT2D eigenvalue weighted by atomic mass is 16.3. The van der Waals surface area contributed by atoms with E-state index in [4.69, 9.17) is 0 Å². The normalized spacial score (nSPS) is 49.8. The van der Waals surface area contributed by atoms with E-state index in [1.54, 1.807) is 0 Å². The number of aromatic hydroxyl groups is 1. The molecule has 112 valence electrons. The number of benzene rings is 1. The van der Waals surface area contributed by atoms with Crippen molar-refractivity contribution in [3.05, 3.63) is 29.3 Å². The molecule has 2 nitrogen and oxygen atoms in total. The summed E-state index contributed by atoms with van der Waals surface area (Å²) in [6, 6.07) is 6.01. The van der Waals surface area contributed by atoms with Crippen molar-refractivity contribution in [1.29, 1.82) is 0 Å². The van der Waals surface area contributed by atoms with Gasteiger partial charge in [-0.05, 0) is 90.4 Å². The summed E-state index contributed by atoms with van der Waals surface area (Å²) < 4.78 is 0. The molecule has 0 radical (unpaired) electrons. The molecule has 1 aromatic carbocycles. The molecule has 1 aromatic rings. The molecule has 1 spiro atoms. The highest BCUT2D eigenvalue weighted by Crippen LogP contribution is 2.81. The lowest BCUT2D eigenvalue weighted by Crippen LogP contribution is -2.47. The third kappa shape index (κ3) is 1.30. The topological polar surface area (TPSA) is 40.5 Å². The number of aliphatic hydroxyl groups excluding tert-OH is 1. The van der Waals surface area contributed by atoms with Gasteiger partial charge in [-0.15, -0.1) is 0 Å². The zero-order valence-electron chi connectivity index (χ0n) is 12.7. The van der Waals surface area contributed by atoms with Gasteiger partial charge >= 0.3 is 0 Å². The Morgan fingerprint density at radius 1 is 1.24 bits per heavy atom. The molecule has 0 bridgehead atoms. The van der Waals surface area contributed by atoms with Crippen molar-refractivity contribution < 1.29 is 10.2 Å². The van der Waals surface area contributed by atoms with Crippen molar-refractivity contribution in [3.8, 4) is 5.75 Å². The van der Waals surface area contributed by atoms with Crippen molar-refractivity contribution in [2.45, 2.75) is 57.5 Å². The van der Waals surface area contributed by atoms with Crippen LogP contribution in [0.15, 0.2) is 18.2 Å². The van der Waals surface area contributed by atoms with E-state index < -0.39 is 0 Å². The van der Waals surface area contributed by atoms with E-state index in [1.807, 2.05) is 12.1 Å². The molecule has 3 saturated carbocycles. The Morgan fingerprint density at radius 2 is 2.10 bits per heavy atom. The minimum absolute atomic E-state index is 0.0709. The third-order valence-corrected chi connectivity index (χ3v) is 7.83. The van der Waals surface area contributed by atoms with Crippen LogP contribution >= 0.6 is 0 Å². The summed E-state index contributed by atoms with van der Waals surface area (Å²) in [6.45, 7) is 2.37. The largest absolute Gasteiger partial charge is 0.508 e. The van der Waals surface area contributed by atoms with E-state index in [0.717, 1.165) is 24.7 Å². The molecule has 0 aromatic heterocycles. The summed E-state index contributed by atoms with van der Waals surface area (Å²) in [5.41, 5.74) is 3.47. The van der Waals surface area contributed by atoms with Gasteiger partial charge in [0.25, 0.3) is 0 Å². The van der Waals surface area contributed by atoms with Crippen LogP contribution in [-0.2, 0) is 6.42 Å². The van der Waals surface area contributed by atoms with Gasteiger partial charge in [-0.25, -0.2) is 0 Å². The van der Waals surface area contributed by atoms with Crippen LogP contribution in [0.1, 0.15) is 56.1 Å². The fraction of sp³-hybridized carbons (Fsp3) is 0.684. The van der Waals surface area contributed by atoms with E-state index in [9.17, 15) is 10.2 Å². The van der Waals surface area contributed by atoms with Gasteiger partial charge in [-0.3, -0.25) is 0 Å². The van der Waals surface area contributed by atoms with Gasteiger partial charge in [0, 0.05) is 0 Å². The maximum Gasteiger partial charge on any atom is 0.115 e. The Labute approximate surface area is 126 Å². The maximum absolute atomic E-state index is 10.6. The fourth-order valence-electron chi connectivity index (χ4n) is 6.79. The number of phenolic OH excluding ortho intramolecular Hbond substituents is 1. The average molecular weight is 284 g/mol. The summed E-state index contributed by atoms with van der Waals surface area (Å²) in [6.07, 6.45) is 7.07. The predicted molar refractivity (Wildman–Crippen MR) is 81.2 cm³/mol. The minimum atomic E-state index is -0.0709. The first kappa shape index (κ1) is 12.5. The molecule has 2 heteroatoms. The lowest BCUT2D eigenvalue weighted by atomic mass is 9.52. The van der Waals surface area contributed by atoms with Crippen LogP contribution in [0.2, 0.25) is 0 Å². The van der Waals surface area contributed by atoms with Crippen LogP contribution < -0.4 is 0 Å². The van der Waals surface area contributed by atoms with E-state index in [2.05, 4.69) is 13.0 Å². The number of aliphatic hydroxyl groups is 1. The quantitative estimate of drug-likeness (QED) is 0.764. The molecule has 21 heavy (non-hydrogen) atoms. The van der Waals surface area contributed by atoms with Gasteiger partial charge < -0.3 is 10.2 Å². The zero-order chi connectivity index (χ0) is 14.4. The number of aryl methyl sites for hydroxylation is 1. The first-order valence-corrected chi connectivity index (χ1v) is 8.56. The number of rotatable bonds is 0. The molecule has 0 heterocycles. The molecule has 0 aliphatic heterocycles. The SMILES string of the molecule is C[C@]12CC[C@@H]3c4ccc(O)cc4CC[C@H]3[C@@]13C[C@H]3C[C@@H]2O. The smallest absolute Gasteiger partial charge is 0.115 e. The van der Waals surface area contributed by atoms with Gasteiger partial charge in [0.1, 0.15) is 5.75 Å². The second-order valence-electron chi connectivity index (χ2n) is 8.28. The average Bonchev–Trinajstić information content (AvgIpc) is 3.12. The Morgan fingerprint density at radius 3 is 2.95 bits per heavy atom. The fourth-order valence-corrected chi connectivity index (χ4v) is 6.79. The molecule has 6 atom stereocenters. The van der Waals surface area contributed by atoms with Gasteiger partial charge in [0.05, 0.1) is 6.10 Å². The number of hydrogen-bond donors (Lipinski definition) is 2. The molecule has 5 rings (SSSR count). The monoisotopic (exact) mass is 284 g/mol. The lowest BCUT2D eigenvalue weighted by Gasteiger charge is -2.52. The first-order chi connectivity index (χ1) is 10.1. The lowest BCUT2D eigenvalue weighted by molar-refractivity contribution is -0.0558. The van der Waals surface area contributed by atoms with Gasteiger partial charge in [0.2, 0.25) is 0 Å². The molecule has 4 aliphatic rings. The highest BCUT2D eigenvalue weighted by Gasteiger charge is 2.76. The van der Waals surface area contributed by atoms with Crippen molar-refractivity contribution in [2.24, 2.45) is 22.7 Å². The van der Waals surface area contributed by atoms with Gasteiger partial charge in [0.15, 0.2) is 0 Å². The molecular formula is C19H24O2. The Bertz CT molecular complexity index is 624. The summed E-state index contributed by atoms with van der Waals surface area (Å²) >= 11 is 0. The van der Waals surface area contributed by atoms with E-state index in [0.29, 0.717) is 17.1 Å². The van der Waals surface area contributed by atoms with E-state index in [1.165, 1.54) is 36.8 Å². The van der Waals surface area contributed by atoms with Crippen LogP contribution in [0.4, 0.5) is 0 Å². The summed E-state index contributed by atoms with van der Waals surface area (Å²) in [5.74, 6) is 2.61. The van der Waals surface area contributed by atoms with Crippen molar-refractivity contribution in [1.82, 2.24) is 0 Å². The molecule has 3 fully saturated rings. The van der Waals surface area contributed by atoms with Crippen molar-refractivity contribution in [2.75, 3.05) is 0 Å². The summed E-state index contributed by atoms with van der Waals surface area (Å²) in [5, 5.41) is 20.3. The van der Waals surface area contributed by atoms with Crippen LogP contribution in [0.25, 0.3) is 0 Å². The van der Waals surface area contributed by atoms with Crippen LogP contribution in [0.5, 0.6) is 5.75 Å². The Balaban J connectivity index is 1.60. The molecule has 0 unspecified atom stereocenters. The summed E-state index contributed by atoms with van der Waals surface area (Å²) in [7, 11) is 0. The molecule has 0 saturated heterocycles. The van der Waals surface area contributed by atoms with Crippen LogP contribution in [0.3, 0.4) is 0 Å². The van der Waals surface area contributed by atoms with E-state index in [-0.39, 0.29) is 11.5 Å². The van der Waals surface area contributed by atoms with Gasteiger partial charge in [-0.1, -0.05) is 13.0 Å². The molecular weight excluding hydrogens is 260 g/mol. The van der Waals surface area contributed by atoms with E-state index >= 15 is 0 Å². The van der Waals surface area contributed by atoms with Crippen molar-refractivity contribution in [3.63, 3.8) is 0 Å². The molecule has 0 amide bonds. The second kappa shape index (κ2) is 3.65. The number of hydrogen-bond acceptors (Lipinski definition) is 2. The van der Waals surface area contributed by atoms with Crippen LogP contribution in [0, 0.1) is 22.7 Å². The Hall–Kier alpha value is -1.02. The first-order valence-electron chi connectivity index (χ1n) is 8.56. The molecule has 4 aliphatic carbocycles. The second-order valence-corrected chi connectivity index (χ2v) is 8.28. The zero-order valence-corrected chi connectivity index (χ0v) is 12.7. The third-order valence-electron chi connectivity index (χ3n) is 7.83. The number of fused-ring (bicyclic) bond motifs is 3. The molecule has 2 N–H and O–H groups in total. The highest BCUT2D eigenvalue weighted by molar-refractivity contribution is 5.42. The maximum atomic E-state index is 10.6. The Kier molecular flexibility index (Phi) is 2.18. The van der Waals surface area contributed by atoms with Crippen LogP contribution in [-0.4, -0.2) is 16.3 Å². The number of phenols is 1. The standard InChI is InChI=1S/C19H24O2/c1-18-7-6-15-14-4-3-13(20)8-11(14)2-5-16(15)19(18)10-12(19)9-17(18)21/h3-4,8,12,15-17,20-21H,2,5-7,9-10H2,1H3/t12-,15-,16-,17+,18-,19+/m1/s1. The van der Waals surface area contributed by atoms with Gasteiger partial charge in [-0.2, -0.15) is 0 Å². The predicted octanol–water partition coefficient (Wildman–Crippen LogP) is 3.61. The minimum Gasteiger partial charge on any atom is -0.508 e.